The first kappa shape index (κ1) is 14.2. The summed E-state index contributed by atoms with van der Waals surface area (Å²) in [7, 11) is 0. The number of ether oxygens (including phenoxy) is 1. The van der Waals surface area contributed by atoms with Crippen LogP contribution in [0.4, 0.5) is 0 Å². The Labute approximate surface area is 131 Å². The second kappa shape index (κ2) is 6.30. The first-order valence-corrected chi connectivity index (χ1v) is 7.68. The predicted molar refractivity (Wildman–Crippen MR) is 88.0 cm³/mol. The van der Waals surface area contributed by atoms with Gasteiger partial charge in [0.05, 0.1) is 15.2 Å². The maximum Gasteiger partial charge on any atom is 0.158 e. The van der Waals surface area contributed by atoms with Crippen LogP contribution in [0, 0.1) is 9.49 Å². The van der Waals surface area contributed by atoms with E-state index in [9.17, 15) is 0 Å². The fraction of sp³-hybridized carbons (Fsp3) is 0.308. The lowest BCUT2D eigenvalue weighted by atomic mass is 10.2. The molecule has 2 rings (SSSR count). The summed E-state index contributed by atoms with van der Waals surface area (Å²) < 4.78 is 6.86. The molecule has 2 aromatic rings. The Kier molecular flexibility index (Phi) is 4.98. The van der Waals surface area contributed by atoms with E-state index in [1.165, 1.54) is 0 Å². The Bertz CT molecular complexity index is 564. The maximum atomic E-state index is 6.21. The van der Waals surface area contributed by atoms with Crippen molar-refractivity contribution >= 4 is 57.7 Å². The molecule has 18 heavy (non-hydrogen) atoms. The lowest BCUT2D eigenvalue weighted by molar-refractivity contribution is 0.274. The van der Waals surface area contributed by atoms with Gasteiger partial charge < -0.3 is 4.74 Å². The van der Waals surface area contributed by atoms with Crippen molar-refractivity contribution in [1.29, 1.82) is 0 Å². The number of hydrogen-bond acceptors (Lipinski definition) is 3. The number of thiol groups is 1. The normalized spacial score (nSPS) is 12.7. The summed E-state index contributed by atoms with van der Waals surface area (Å²) in [6.45, 7) is 2.73. The van der Waals surface area contributed by atoms with E-state index in [1.54, 1.807) is 6.20 Å². The molecular formula is C13H13ClINOS. The lowest BCUT2D eigenvalue weighted by Gasteiger charge is -2.14. The van der Waals surface area contributed by atoms with Crippen molar-refractivity contribution in [1.82, 2.24) is 4.98 Å². The zero-order valence-corrected chi connectivity index (χ0v) is 13.7. The van der Waals surface area contributed by atoms with Gasteiger partial charge in [-0.2, -0.15) is 12.6 Å². The summed E-state index contributed by atoms with van der Waals surface area (Å²) in [5, 5.41) is 1.63. The summed E-state index contributed by atoms with van der Waals surface area (Å²) in [6, 6.07) is 5.74. The number of fused-ring (bicyclic) bond motifs is 1. The quantitative estimate of drug-likeness (QED) is 0.613. The highest BCUT2D eigenvalue weighted by Gasteiger charge is 2.12. The minimum Gasteiger partial charge on any atom is -0.490 e. The second-order valence-electron chi connectivity index (χ2n) is 4.17. The van der Waals surface area contributed by atoms with Crippen molar-refractivity contribution in [2.45, 2.75) is 6.92 Å². The summed E-state index contributed by atoms with van der Waals surface area (Å²) in [5.74, 6) is 2.01. The van der Waals surface area contributed by atoms with E-state index in [4.69, 9.17) is 16.3 Å². The summed E-state index contributed by atoms with van der Waals surface area (Å²) in [5.41, 5.74) is 0.820. The van der Waals surface area contributed by atoms with Gasteiger partial charge in [-0.3, -0.25) is 4.98 Å². The van der Waals surface area contributed by atoms with Crippen LogP contribution in [0.3, 0.4) is 0 Å². The number of halogens is 2. The minimum absolute atomic E-state index is 0.401. The molecule has 1 aromatic heterocycles. The summed E-state index contributed by atoms with van der Waals surface area (Å²) in [4.78, 5) is 4.37. The van der Waals surface area contributed by atoms with Crippen LogP contribution in [0.25, 0.3) is 10.9 Å². The molecule has 0 spiro atoms. The molecule has 0 aliphatic rings. The third kappa shape index (κ3) is 3.03. The molecule has 2 nitrogen and oxygen atoms in total. The number of benzene rings is 1. The highest BCUT2D eigenvalue weighted by atomic mass is 127. The van der Waals surface area contributed by atoms with Gasteiger partial charge in [-0.1, -0.05) is 18.5 Å². The highest BCUT2D eigenvalue weighted by Crippen LogP contribution is 2.34. The third-order valence-corrected chi connectivity index (χ3v) is 4.31. The molecule has 0 N–H and O–H groups in total. The molecule has 1 aromatic carbocycles. The molecule has 0 amide bonds. The van der Waals surface area contributed by atoms with Crippen molar-refractivity contribution in [2.24, 2.45) is 5.92 Å². The van der Waals surface area contributed by atoms with E-state index in [2.05, 4.69) is 47.1 Å². The topological polar surface area (TPSA) is 22.1 Å². The molecule has 0 saturated carbocycles. The standard InChI is InChI=1S/C13H13ClINOS/c1-8(7-18)6-17-13-11(15)5-10(14)9-3-2-4-16-12(9)13/h2-5,8,18H,6-7H2,1H3. The van der Waals surface area contributed by atoms with Gasteiger partial charge >= 0.3 is 0 Å². The van der Waals surface area contributed by atoms with Crippen LogP contribution in [0.5, 0.6) is 5.75 Å². The average Bonchev–Trinajstić information content (AvgIpc) is 2.38. The fourth-order valence-electron chi connectivity index (χ4n) is 1.56. The van der Waals surface area contributed by atoms with Crippen molar-refractivity contribution in [3.63, 3.8) is 0 Å². The second-order valence-corrected chi connectivity index (χ2v) is 6.10. The number of rotatable bonds is 4. The van der Waals surface area contributed by atoms with E-state index >= 15 is 0 Å². The van der Waals surface area contributed by atoms with Crippen molar-refractivity contribution in [3.8, 4) is 5.75 Å². The van der Waals surface area contributed by atoms with Crippen LogP contribution in [-0.2, 0) is 0 Å². The van der Waals surface area contributed by atoms with Gasteiger partial charge in [0.1, 0.15) is 5.52 Å². The van der Waals surface area contributed by atoms with Crippen LogP contribution < -0.4 is 4.74 Å². The fourth-order valence-corrected chi connectivity index (χ4v) is 2.84. The zero-order valence-electron chi connectivity index (χ0n) is 9.86. The first-order valence-electron chi connectivity index (χ1n) is 5.60. The van der Waals surface area contributed by atoms with E-state index < -0.39 is 0 Å². The van der Waals surface area contributed by atoms with Crippen LogP contribution >= 0.6 is 46.8 Å². The molecule has 96 valence electrons. The van der Waals surface area contributed by atoms with E-state index in [1.807, 2.05) is 18.2 Å². The summed E-state index contributed by atoms with van der Waals surface area (Å²) >= 11 is 12.7. The minimum atomic E-state index is 0.401. The number of aromatic nitrogens is 1. The van der Waals surface area contributed by atoms with Gasteiger partial charge in [0.2, 0.25) is 0 Å². The number of hydrogen-bond donors (Lipinski definition) is 1. The predicted octanol–water partition coefficient (Wildman–Crippen LogP) is 4.44. The Morgan fingerprint density at radius 3 is 3.06 bits per heavy atom. The average molecular weight is 394 g/mol. The molecule has 0 fully saturated rings. The van der Waals surface area contributed by atoms with Crippen LogP contribution in [0.1, 0.15) is 6.92 Å². The molecule has 0 bridgehead atoms. The van der Waals surface area contributed by atoms with E-state index in [-0.39, 0.29) is 0 Å². The molecule has 0 aliphatic carbocycles. The largest absolute Gasteiger partial charge is 0.490 e. The van der Waals surface area contributed by atoms with Gasteiger partial charge in [-0.15, -0.1) is 0 Å². The number of pyridine rings is 1. The molecule has 0 aliphatic heterocycles. The molecule has 0 saturated heterocycles. The zero-order chi connectivity index (χ0) is 13.1. The lowest BCUT2D eigenvalue weighted by Crippen LogP contribution is -2.10. The van der Waals surface area contributed by atoms with Crippen molar-refractivity contribution < 1.29 is 4.74 Å². The highest BCUT2D eigenvalue weighted by molar-refractivity contribution is 14.1. The van der Waals surface area contributed by atoms with Crippen molar-refractivity contribution in [3.05, 3.63) is 33.0 Å². The molecule has 0 radical (unpaired) electrons. The number of nitrogens with zero attached hydrogens (tertiary/aromatic N) is 1. The Morgan fingerprint density at radius 2 is 2.33 bits per heavy atom. The van der Waals surface area contributed by atoms with Gasteiger partial charge in [0.15, 0.2) is 5.75 Å². The van der Waals surface area contributed by atoms with Crippen molar-refractivity contribution in [2.75, 3.05) is 12.4 Å². The molecule has 1 heterocycles. The molecular weight excluding hydrogens is 381 g/mol. The monoisotopic (exact) mass is 393 g/mol. The first-order chi connectivity index (χ1) is 8.63. The van der Waals surface area contributed by atoms with Gasteiger partial charge in [0.25, 0.3) is 0 Å². The summed E-state index contributed by atoms with van der Waals surface area (Å²) in [6.07, 6.45) is 1.75. The van der Waals surface area contributed by atoms with Crippen LogP contribution in [0.2, 0.25) is 5.02 Å². The smallest absolute Gasteiger partial charge is 0.158 e. The Morgan fingerprint density at radius 1 is 1.56 bits per heavy atom. The van der Waals surface area contributed by atoms with E-state index in [0.717, 1.165) is 26.0 Å². The Balaban J connectivity index is 2.43. The molecule has 5 heteroatoms. The molecule has 1 atom stereocenters. The van der Waals surface area contributed by atoms with Crippen LogP contribution in [-0.4, -0.2) is 17.3 Å². The molecule has 1 unspecified atom stereocenters. The Hall–Kier alpha value is -0.200. The SMILES string of the molecule is CC(CS)COc1c(I)cc(Cl)c2cccnc12. The van der Waals surface area contributed by atoms with Gasteiger partial charge in [-0.05, 0) is 52.5 Å². The third-order valence-electron chi connectivity index (χ3n) is 2.57. The maximum absolute atomic E-state index is 6.21. The van der Waals surface area contributed by atoms with Gasteiger partial charge in [-0.25, -0.2) is 0 Å². The van der Waals surface area contributed by atoms with Gasteiger partial charge in [0, 0.05) is 11.6 Å². The van der Waals surface area contributed by atoms with E-state index in [0.29, 0.717) is 17.5 Å². The van der Waals surface area contributed by atoms with Crippen LogP contribution in [0.15, 0.2) is 24.4 Å².